The molecule has 106 valence electrons. The molecule has 19 heavy (non-hydrogen) atoms. The van der Waals surface area contributed by atoms with Crippen molar-refractivity contribution in [3.8, 4) is 0 Å². The Hall–Kier alpha value is -1.56. The van der Waals surface area contributed by atoms with Crippen LogP contribution >= 0.6 is 0 Å². The van der Waals surface area contributed by atoms with E-state index in [-0.39, 0.29) is 12.1 Å². The van der Waals surface area contributed by atoms with E-state index < -0.39 is 0 Å². The van der Waals surface area contributed by atoms with Crippen molar-refractivity contribution in [1.29, 1.82) is 0 Å². The maximum Gasteiger partial charge on any atom is 0.317 e. The molecule has 0 aromatic carbocycles. The zero-order valence-corrected chi connectivity index (χ0v) is 11.4. The Morgan fingerprint density at radius 2 is 2.47 bits per heavy atom. The molecule has 0 saturated carbocycles. The highest BCUT2D eigenvalue weighted by Gasteiger charge is 2.21. The number of aromatic nitrogens is 2. The Balaban J connectivity index is 1.63. The number of β-amino-alcohol motifs (C(OH)–C–C–N with tert-alkyl or cyclic N) is 1. The van der Waals surface area contributed by atoms with Crippen molar-refractivity contribution in [2.45, 2.75) is 31.8 Å². The van der Waals surface area contributed by atoms with Gasteiger partial charge in [0.2, 0.25) is 0 Å². The van der Waals surface area contributed by atoms with Crippen LogP contribution in [0.3, 0.4) is 0 Å². The molecule has 0 bridgehead atoms. The molecular weight excluding hydrogens is 244 g/mol. The molecule has 1 fully saturated rings. The quantitative estimate of drug-likeness (QED) is 0.781. The summed E-state index contributed by atoms with van der Waals surface area (Å²) in [7, 11) is 1.90. The van der Waals surface area contributed by atoms with Crippen molar-refractivity contribution >= 4 is 6.03 Å². The van der Waals surface area contributed by atoms with Crippen LogP contribution in [0.5, 0.6) is 0 Å². The number of aliphatic hydroxyl groups is 1. The first-order valence-electron chi connectivity index (χ1n) is 6.83. The lowest BCUT2D eigenvalue weighted by Crippen LogP contribution is -2.47. The summed E-state index contributed by atoms with van der Waals surface area (Å²) in [6.07, 6.45) is 6.96. The van der Waals surface area contributed by atoms with Gasteiger partial charge in [0, 0.05) is 32.9 Å². The summed E-state index contributed by atoms with van der Waals surface area (Å²) in [4.78, 5) is 13.5. The summed E-state index contributed by atoms with van der Waals surface area (Å²) >= 11 is 0. The summed E-state index contributed by atoms with van der Waals surface area (Å²) in [6.45, 7) is 1.85. The number of aryl methyl sites for hydroxylation is 2. The van der Waals surface area contributed by atoms with Gasteiger partial charge < -0.3 is 15.3 Å². The number of carbonyl (C=O) groups is 1. The molecule has 1 aromatic rings. The van der Waals surface area contributed by atoms with Gasteiger partial charge in [-0.05, 0) is 31.2 Å². The zero-order chi connectivity index (χ0) is 13.7. The monoisotopic (exact) mass is 266 g/mol. The fraction of sp³-hybridized carbons (Fsp3) is 0.692. The van der Waals surface area contributed by atoms with Crippen LogP contribution in [0.25, 0.3) is 0 Å². The first kappa shape index (κ1) is 13.9. The maximum atomic E-state index is 11.8. The van der Waals surface area contributed by atoms with E-state index in [1.807, 2.05) is 19.4 Å². The van der Waals surface area contributed by atoms with Crippen molar-refractivity contribution in [3.05, 3.63) is 18.0 Å². The number of urea groups is 1. The van der Waals surface area contributed by atoms with E-state index in [0.29, 0.717) is 13.1 Å². The first-order chi connectivity index (χ1) is 9.15. The highest BCUT2D eigenvalue weighted by molar-refractivity contribution is 5.74. The number of piperidine rings is 1. The van der Waals surface area contributed by atoms with Crippen molar-refractivity contribution in [1.82, 2.24) is 20.0 Å². The predicted molar refractivity (Wildman–Crippen MR) is 71.7 cm³/mol. The van der Waals surface area contributed by atoms with E-state index in [0.717, 1.165) is 32.2 Å². The minimum absolute atomic E-state index is 0.0649. The Kier molecular flexibility index (Phi) is 4.79. The zero-order valence-electron chi connectivity index (χ0n) is 11.4. The third-order valence-corrected chi connectivity index (χ3v) is 3.36. The van der Waals surface area contributed by atoms with Crippen LogP contribution < -0.4 is 5.32 Å². The number of hydrogen-bond acceptors (Lipinski definition) is 3. The number of nitrogens with one attached hydrogen (secondary N) is 1. The summed E-state index contributed by atoms with van der Waals surface area (Å²) in [5.41, 5.74) is 1.19. The molecule has 0 aliphatic carbocycles. The number of likely N-dealkylation sites (tertiary alicyclic amines) is 1. The molecule has 1 aliphatic rings. The molecule has 2 heterocycles. The van der Waals surface area contributed by atoms with E-state index >= 15 is 0 Å². The molecule has 6 heteroatoms. The van der Waals surface area contributed by atoms with E-state index in [2.05, 4.69) is 10.4 Å². The van der Waals surface area contributed by atoms with E-state index in [1.54, 1.807) is 9.58 Å². The van der Waals surface area contributed by atoms with Gasteiger partial charge in [-0.1, -0.05) is 0 Å². The molecule has 6 nitrogen and oxygen atoms in total. The van der Waals surface area contributed by atoms with Crippen molar-refractivity contribution in [2.75, 3.05) is 19.6 Å². The molecule has 1 aliphatic heterocycles. The number of nitrogens with zero attached hydrogens (tertiary/aromatic N) is 3. The van der Waals surface area contributed by atoms with E-state index in [1.165, 1.54) is 5.56 Å². The van der Waals surface area contributed by atoms with Crippen molar-refractivity contribution in [2.24, 2.45) is 7.05 Å². The largest absolute Gasteiger partial charge is 0.391 e. The highest BCUT2D eigenvalue weighted by Crippen LogP contribution is 2.09. The molecule has 1 unspecified atom stereocenters. The number of aliphatic hydroxyl groups excluding tert-OH is 1. The fourth-order valence-corrected chi connectivity index (χ4v) is 2.34. The van der Waals surface area contributed by atoms with Crippen molar-refractivity contribution < 1.29 is 9.90 Å². The van der Waals surface area contributed by atoms with E-state index in [4.69, 9.17) is 0 Å². The number of rotatable bonds is 4. The Bertz CT molecular complexity index is 419. The number of carbonyl (C=O) groups excluding carboxylic acids is 1. The minimum atomic E-state index is -0.366. The second-order valence-electron chi connectivity index (χ2n) is 5.10. The second kappa shape index (κ2) is 6.56. The summed E-state index contributed by atoms with van der Waals surface area (Å²) in [5.74, 6) is 0. The summed E-state index contributed by atoms with van der Waals surface area (Å²) in [5, 5.41) is 16.5. The molecule has 0 spiro atoms. The molecule has 0 radical (unpaired) electrons. The Morgan fingerprint density at radius 3 is 3.16 bits per heavy atom. The van der Waals surface area contributed by atoms with Crippen LogP contribution in [0.15, 0.2) is 12.4 Å². The van der Waals surface area contributed by atoms with Crippen LogP contribution in [-0.2, 0) is 13.5 Å². The summed E-state index contributed by atoms with van der Waals surface area (Å²) in [6, 6.07) is -0.0649. The second-order valence-corrected chi connectivity index (χ2v) is 5.10. The third-order valence-electron chi connectivity index (χ3n) is 3.36. The average molecular weight is 266 g/mol. The average Bonchev–Trinajstić information content (AvgIpc) is 2.80. The first-order valence-corrected chi connectivity index (χ1v) is 6.83. The molecular formula is C13H22N4O2. The lowest BCUT2D eigenvalue weighted by Gasteiger charge is -2.30. The number of amides is 2. The fourth-order valence-electron chi connectivity index (χ4n) is 2.34. The van der Waals surface area contributed by atoms with Crippen LogP contribution in [-0.4, -0.2) is 51.6 Å². The molecule has 2 rings (SSSR count). The topological polar surface area (TPSA) is 70.4 Å². The Morgan fingerprint density at radius 1 is 1.63 bits per heavy atom. The molecule has 2 N–H and O–H groups in total. The molecule has 1 aromatic heterocycles. The predicted octanol–water partition coefficient (Wildman–Crippen LogP) is 0.519. The van der Waals surface area contributed by atoms with Gasteiger partial charge in [-0.3, -0.25) is 4.68 Å². The summed E-state index contributed by atoms with van der Waals surface area (Å²) < 4.78 is 1.78. The third kappa shape index (κ3) is 4.24. The smallest absolute Gasteiger partial charge is 0.317 e. The van der Waals surface area contributed by atoms with Gasteiger partial charge in [0.05, 0.1) is 12.3 Å². The van der Waals surface area contributed by atoms with Crippen LogP contribution in [0.1, 0.15) is 24.8 Å². The van der Waals surface area contributed by atoms with Gasteiger partial charge in [0.15, 0.2) is 0 Å². The van der Waals surface area contributed by atoms with E-state index in [9.17, 15) is 9.90 Å². The lowest BCUT2D eigenvalue weighted by atomic mass is 10.1. The highest BCUT2D eigenvalue weighted by atomic mass is 16.3. The van der Waals surface area contributed by atoms with Gasteiger partial charge in [-0.15, -0.1) is 0 Å². The molecule has 1 atom stereocenters. The Labute approximate surface area is 113 Å². The minimum Gasteiger partial charge on any atom is -0.391 e. The van der Waals surface area contributed by atoms with Crippen molar-refractivity contribution in [3.63, 3.8) is 0 Å². The van der Waals surface area contributed by atoms with Gasteiger partial charge >= 0.3 is 6.03 Å². The van der Waals surface area contributed by atoms with Crippen LogP contribution in [0.2, 0.25) is 0 Å². The SMILES string of the molecule is Cn1cc(CCCNC(=O)N2CCCC(O)C2)cn1. The standard InChI is InChI=1S/C13H22N4O2/c1-16-9-11(8-15-16)4-2-6-14-13(19)17-7-3-5-12(18)10-17/h8-9,12,18H,2-7,10H2,1H3,(H,14,19). The molecule has 1 saturated heterocycles. The van der Waals surface area contributed by atoms with Gasteiger partial charge in [-0.25, -0.2) is 4.79 Å². The molecule has 2 amide bonds. The van der Waals surface area contributed by atoms with Gasteiger partial charge in [0.25, 0.3) is 0 Å². The van der Waals surface area contributed by atoms with Crippen LogP contribution in [0, 0.1) is 0 Å². The maximum absolute atomic E-state index is 11.8. The van der Waals surface area contributed by atoms with Gasteiger partial charge in [-0.2, -0.15) is 5.10 Å². The van der Waals surface area contributed by atoms with Gasteiger partial charge in [0.1, 0.15) is 0 Å². The number of hydrogen-bond donors (Lipinski definition) is 2. The normalized spacial score (nSPS) is 19.5. The lowest BCUT2D eigenvalue weighted by molar-refractivity contribution is 0.0843. The van der Waals surface area contributed by atoms with Crippen LogP contribution in [0.4, 0.5) is 4.79 Å².